The van der Waals surface area contributed by atoms with Crippen molar-refractivity contribution in [2.24, 2.45) is 0 Å². The summed E-state index contributed by atoms with van der Waals surface area (Å²) >= 11 is 0. The summed E-state index contributed by atoms with van der Waals surface area (Å²) in [7, 11) is 0. The van der Waals surface area contributed by atoms with Crippen molar-refractivity contribution < 1.29 is 21.7 Å². The summed E-state index contributed by atoms with van der Waals surface area (Å²) in [5.41, 5.74) is 2.76. The topological polar surface area (TPSA) is 0 Å². The van der Waals surface area contributed by atoms with Gasteiger partial charge in [0.15, 0.2) is 0 Å². The van der Waals surface area contributed by atoms with E-state index in [1.165, 1.54) is 11.1 Å². The van der Waals surface area contributed by atoms with E-state index in [-0.39, 0.29) is 21.7 Å². The Morgan fingerprint density at radius 2 is 1.04 bits per heavy atom. The van der Waals surface area contributed by atoms with E-state index in [0.29, 0.717) is 0 Å². The molecule has 0 radical (unpaired) electrons. The maximum absolute atomic E-state index is 2.99. The fourth-order valence-corrected chi connectivity index (χ4v) is 1.99. The first kappa shape index (κ1) is 25.1. The quantitative estimate of drug-likeness (QED) is 0.396. The van der Waals surface area contributed by atoms with Crippen molar-refractivity contribution in [2.45, 2.75) is 39.5 Å². The van der Waals surface area contributed by atoms with Crippen LogP contribution < -0.4 is 0 Å². The predicted molar refractivity (Wildman–Crippen MR) is 112 cm³/mol. The summed E-state index contributed by atoms with van der Waals surface area (Å²) in [6.45, 7) is 4.30. The molecule has 0 spiro atoms. The molecule has 0 saturated heterocycles. The molecular formula is C26H28Ti. The van der Waals surface area contributed by atoms with E-state index < -0.39 is 0 Å². The maximum Gasteiger partial charge on any atom is 4.00 e. The minimum Gasteiger partial charge on any atom is -0.273 e. The molecule has 1 heteroatoms. The number of aryl methyl sites for hydroxylation is 2. The van der Waals surface area contributed by atoms with Crippen molar-refractivity contribution in [1.29, 1.82) is 0 Å². The van der Waals surface area contributed by atoms with Crippen LogP contribution in [-0.2, 0) is 34.6 Å². The zero-order chi connectivity index (χ0) is 18.7. The number of hydrogen-bond donors (Lipinski definition) is 0. The van der Waals surface area contributed by atoms with E-state index in [1.807, 2.05) is 48.6 Å². The molecule has 0 amide bonds. The maximum atomic E-state index is 2.99. The molecule has 0 heterocycles. The average molecular weight is 388 g/mol. The molecule has 0 N–H and O–H groups in total. The molecule has 2 aromatic carbocycles. The van der Waals surface area contributed by atoms with Gasteiger partial charge in [0.2, 0.25) is 0 Å². The van der Waals surface area contributed by atoms with Gasteiger partial charge in [-0.2, -0.15) is 83.9 Å². The minimum atomic E-state index is 0. The second-order valence-corrected chi connectivity index (χ2v) is 5.53. The van der Waals surface area contributed by atoms with E-state index >= 15 is 0 Å². The van der Waals surface area contributed by atoms with Crippen LogP contribution in [0.25, 0.3) is 0 Å². The Balaban J connectivity index is 0.000000337. The van der Waals surface area contributed by atoms with Crippen molar-refractivity contribution >= 4 is 0 Å². The van der Waals surface area contributed by atoms with Crippen LogP contribution >= 0.6 is 0 Å². The average Bonchev–Trinajstić information content (AvgIpc) is 3.48. The van der Waals surface area contributed by atoms with Crippen molar-refractivity contribution in [3.05, 3.63) is 120 Å². The van der Waals surface area contributed by atoms with Crippen LogP contribution in [0.15, 0.2) is 85.0 Å². The van der Waals surface area contributed by atoms with Gasteiger partial charge in [0.25, 0.3) is 0 Å². The molecule has 0 fully saturated rings. The van der Waals surface area contributed by atoms with Crippen molar-refractivity contribution in [1.82, 2.24) is 0 Å². The largest absolute Gasteiger partial charge is 4.00 e. The van der Waals surface area contributed by atoms with E-state index in [2.05, 4.69) is 74.5 Å². The standard InChI is InChI=1S/2C8H9.2C5H5.Ti/c2*1-2-8-6-4-3-5-7-8;2*1-2-4-5-3-1;/h2*4-7H,2H2,1H3;2*1-3H,4H2;/q4*-1;+4. The Labute approximate surface area is 181 Å². The van der Waals surface area contributed by atoms with Gasteiger partial charge in [-0.25, -0.2) is 24.3 Å². The third-order valence-electron chi connectivity index (χ3n) is 3.56. The minimum absolute atomic E-state index is 0. The molecule has 0 atom stereocenters. The number of rotatable bonds is 2. The molecule has 2 aliphatic rings. The number of hydrogen-bond acceptors (Lipinski definition) is 0. The van der Waals surface area contributed by atoms with Crippen LogP contribution in [0, 0.1) is 24.3 Å². The fraction of sp³-hybridized carbons (Fsp3) is 0.231. The second-order valence-electron chi connectivity index (χ2n) is 5.53. The zero-order valence-electron chi connectivity index (χ0n) is 16.4. The van der Waals surface area contributed by atoms with Crippen molar-refractivity contribution in [3.8, 4) is 0 Å². The van der Waals surface area contributed by atoms with Gasteiger partial charge in [-0.3, -0.25) is 12.2 Å². The third-order valence-corrected chi connectivity index (χ3v) is 3.56. The van der Waals surface area contributed by atoms with Gasteiger partial charge in [0.1, 0.15) is 0 Å². The first-order valence-electron chi connectivity index (χ1n) is 9.20. The molecular weight excluding hydrogens is 360 g/mol. The molecule has 0 saturated carbocycles. The SMILES string of the molecule is CCc1cc[c-]cc1.CCc1cc[c-]cc1.[C-]1=CC=CC1.[C-]1=CC=CC1.[Ti+4]. The molecule has 0 nitrogen and oxygen atoms in total. The Hall–Kier alpha value is -1.89. The van der Waals surface area contributed by atoms with Crippen LogP contribution in [0.4, 0.5) is 0 Å². The summed E-state index contributed by atoms with van der Waals surface area (Å²) in [6, 6.07) is 22.0. The normalized spacial score (nSPS) is 11.9. The van der Waals surface area contributed by atoms with Gasteiger partial charge in [-0.15, -0.1) is 12.8 Å². The van der Waals surface area contributed by atoms with Gasteiger partial charge in [-0.05, 0) is 0 Å². The van der Waals surface area contributed by atoms with E-state index in [0.717, 1.165) is 25.7 Å². The van der Waals surface area contributed by atoms with Crippen LogP contribution in [0.3, 0.4) is 0 Å². The Morgan fingerprint density at radius 3 is 1.19 bits per heavy atom. The van der Waals surface area contributed by atoms with Gasteiger partial charge in [0, 0.05) is 0 Å². The zero-order valence-corrected chi connectivity index (χ0v) is 18.0. The predicted octanol–water partition coefficient (Wildman–Crippen LogP) is 6.71. The van der Waals surface area contributed by atoms with Crippen LogP contribution in [0.5, 0.6) is 0 Å². The van der Waals surface area contributed by atoms with E-state index in [9.17, 15) is 0 Å². The molecule has 0 aliphatic heterocycles. The van der Waals surface area contributed by atoms with Crippen LogP contribution in [0.2, 0.25) is 0 Å². The monoisotopic (exact) mass is 388 g/mol. The smallest absolute Gasteiger partial charge is 0.273 e. The van der Waals surface area contributed by atoms with Crippen LogP contribution in [0.1, 0.15) is 37.8 Å². The molecule has 0 bridgehead atoms. The summed E-state index contributed by atoms with van der Waals surface area (Å²) in [5, 5.41) is 0. The molecule has 2 aliphatic carbocycles. The van der Waals surface area contributed by atoms with Gasteiger partial charge in [-0.1, -0.05) is 26.7 Å². The summed E-state index contributed by atoms with van der Waals surface area (Å²) < 4.78 is 0. The molecule has 2 aromatic rings. The molecule has 0 aromatic heterocycles. The molecule has 4 rings (SSSR count). The number of allylic oxidation sites excluding steroid dienone is 8. The summed E-state index contributed by atoms with van der Waals surface area (Å²) in [4.78, 5) is 0. The summed E-state index contributed by atoms with van der Waals surface area (Å²) in [5.74, 6) is 0. The first-order chi connectivity index (χ1) is 12.9. The first-order valence-corrected chi connectivity index (χ1v) is 9.20. The van der Waals surface area contributed by atoms with Gasteiger partial charge < -0.3 is 0 Å². The van der Waals surface area contributed by atoms with Crippen LogP contribution in [-0.4, -0.2) is 0 Å². The Bertz CT molecular complexity index is 582. The molecule has 136 valence electrons. The number of benzene rings is 2. The summed E-state index contributed by atoms with van der Waals surface area (Å²) in [6.07, 6.45) is 22.2. The van der Waals surface area contributed by atoms with E-state index in [1.54, 1.807) is 0 Å². The molecule has 0 unspecified atom stereocenters. The Kier molecular flexibility index (Phi) is 17.6. The second kappa shape index (κ2) is 18.9. The van der Waals surface area contributed by atoms with E-state index in [4.69, 9.17) is 0 Å². The third kappa shape index (κ3) is 14.9. The fourth-order valence-electron chi connectivity index (χ4n) is 1.99. The molecule has 27 heavy (non-hydrogen) atoms. The van der Waals surface area contributed by atoms with Gasteiger partial charge >= 0.3 is 21.7 Å². The van der Waals surface area contributed by atoms with Gasteiger partial charge in [0.05, 0.1) is 0 Å². The van der Waals surface area contributed by atoms with Crippen molar-refractivity contribution in [3.63, 3.8) is 0 Å². The van der Waals surface area contributed by atoms with Crippen molar-refractivity contribution in [2.75, 3.05) is 0 Å². The Morgan fingerprint density at radius 1 is 0.667 bits per heavy atom.